The minimum Gasteiger partial charge on any atom is -0.394 e. The summed E-state index contributed by atoms with van der Waals surface area (Å²) in [5.41, 5.74) is 12.1. The highest BCUT2D eigenvalue weighted by molar-refractivity contribution is 6.18. The van der Waals surface area contributed by atoms with Crippen molar-refractivity contribution in [3.05, 3.63) is 12.0 Å². The molecular formula is C6H9ClN4. The Morgan fingerprint density at radius 1 is 1.36 bits per heavy atom. The predicted octanol–water partition coefficient (Wildman–Crippen LogP) is 0.422. The Labute approximate surface area is 69.6 Å². The predicted molar refractivity (Wildman–Crippen MR) is 45.3 cm³/mol. The van der Waals surface area contributed by atoms with Crippen LogP contribution >= 0.6 is 11.6 Å². The molecule has 0 spiro atoms. The Kier molecular flexibility index (Phi) is 2.48. The summed E-state index contributed by atoms with van der Waals surface area (Å²) < 4.78 is 0. The van der Waals surface area contributed by atoms with Crippen molar-refractivity contribution in [1.82, 2.24) is 9.97 Å². The van der Waals surface area contributed by atoms with Crippen LogP contribution in [0.3, 0.4) is 0 Å². The zero-order valence-corrected chi connectivity index (χ0v) is 6.67. The van der Waals surface area contributed by atoms with Crippen molar-refractivity contribution < 1.29 is 0 Å². The highest BCUT2D eigenvalue weighted by Crippen LogP contribution is 2.14. The van der Waals surface area contributed by atoms with Gasteiger partial charge in [-0.2, -0.15) is 0 Å². The summed E-state index contributed by atoms with van der Waals surface area (Å²) in [4.78, 5) is 7.65. The van der Waals surface area contributed by atoms with Crippen molar-refractivity contribution in [2.45, 2.75) is 6.42 Å². The first-order valence-electron chi connectivity index (χ1n) is 3.16. The smallest absolute Gasteiger partial charge is 0.150 e. The molecule has 0 saturated heterocycles. The van der Waals surface area contributed by atoms with E-state index in [0.29, 0.717) is 29.5 Å². The summed E-state index contributed by atoms with van der Waals surface area (Å²) in [5.74, 6) is 0.806. The molecule has 0 aliphatic heterocycles. The maximum atomic E-state index is 5.56. The molecule has 0 unspecified atom stereocenters. The van der Waals surface area contributed by atoms with E-state index in [-0.39, 0.29) is 0 Å². The molecule has 1 aromatic rings. The van der Waals surface area contributed by atoms with Gasteiger partial charge in [0.15, 0.2) is 0 Å². The van der Waals surface area contributed by atoms with Crippen LogP contribution in [-0.4, -0.2) is 15.8 Å². The van der Waals surface area contributed by atoms with Gasteiger partial charge in [0.2, 0.25) is 0 Å². The van der Waals surface area contributed by atoms with Gasteiger partial charge in [-0.05, 0) is 0 Å². The average Bonchev–Trinajstić information content (AvgIpc) is 1.99. The van der Waals surface area contributed by atoms with E-state index in [0.717, 1.165) is 0 Å². The number of halogens is 1. The summed E-state index contributed by atoms with van der Waals surface area (Å²) in [7, 11) is 0. The molecule has 0 amide bonds. The molecule has 0 radical (unpaired) electrons. The number of hydrogen-bond acceptors (Lipinski definition) is 4. The SMILES string of the molecule is Nc1ncnc(CCCl)c1N. The third-order valence-electron chi connectivity index (χ3n) is 1.33. The Balaban J connectivity index is 2.96. The molecule has 4 nitrogen and oxygen atoms in total. The second-order valence-electron chi connectivity index (χ2n) is 2.06. The highest BCUT2D eigenvalue weighted by Gasteiger charge is 2.02. The van der Waals surface area contributed by atoms with Gasteiger partial charge in [-0.3, -0.25) is 0 Å². The van der Waals surface area contributed by atoms with Crippen molar-refractivity contribution >= 4 is 23.1 Å². The number of aryl methyl sites for hydroxylation is 1. The number of rotatable bonds is 2. The molecule has 11 heavy (non-hydrogen) atoms. The van der Waals surface area contributed by atoms with E-state index in [9.17, 15) is 0 Å². The van der Waals surface area contributed by atoms with E-state index in [1.807, 2.05) is 0 Å². The number of alkyl halides is 1. The molecule has 0 saturated carbocycles. The van der Waals surface area contributed by atoms with Gasteiger partial charge in [0.05, 0.1) is 11.4 Å². The second-order valence-corrected chi connectivity index (χ2v) is 2.44. The normalized spacial score (nSPS) is 9.91. The van der Waals surface area contributed by atoms with Crippen molar-refractivity contribution in [1.29, 1.82) is 0 Å². The van der Waals surface area contributed by atoms with Gasteiger partial charge in [0.25, 0.3) is 0 Å². The van der Waals surface area contributed by atoms with Gasteiger partial charge < -0.3 is 11.5 Å². The summed E-state index contributed by atoms with van der Waals surface area (Å²) in [6.07, 6.45) is 2.01. The van der Waals surface area contributed by atoms with Crippen molar-refractivity contribution in [3.63, 3.8) is 0 Å². The molecule has 1 aromatic heterocycles. The average molecular weight is 173 g/mol. The zero-order chi connectivity index (χ0) is 8.27. The third kappa shape index (κ3) is 1.71. The summed E-state index contributed by atoms with van der Waals surface area (Å²) >= 11 is 5.50. The summed E-state index contributed by atoms with van der Waals surface area (Å²) in [5, 5.41) is 0. The fraction of sp³-hybridized carbons (Fsp3) is 0.333. The van der Waals surface area contributed by atoms with Crippen LogP contribution in [0.1, 0.15) is 5.69 Å². The van der Waals surface area contributed by atoms with Gasteiger partial charge in [-0.25, -0.2) is 9.97 Å². The maximum Gasteiger partial charge on any atom is 0.150 e. The highest BCUT2D eigenvalue weighted by atomic mass is 35.5. The Bertz CT molecular complexity index is 250. The number of nitrogens with two attached hydrogens (primary N) is 2. The quantitative estimate of drug-likeness (QED) is 0.634. The molecule has 4 N–H and O–H groups in total. The first kappa shape index (κ1) is 8.07. The van der Waals surface area contributed by atoms with Crippen LogP contribution in [0, 0.1) is 0 Å². The van der Waals surface area contributed by atoms with Crippen LogP contribution in [0.5, 0.6) is 0 Å². The molecule has 0 fully saturated rings. The first-order chi connectivity index (χ1) is 5.25. The lowest BCUT2D eigenvalue weighted by Gasteiger charge is -2.02. The molecule has 1 rings (SSSR count). The van der Waals surface area contributed by atoms with Crippen LogP contribution in [0.25, 0.3) is 0 Å². The van der Waals surface area contributed by atoms with Gasteiger partial charge in [-0.1, -0.05) is 0 Å². The maximum absolute atomic E-state index is 5.56. The third-order valence-corrected chi connectivity index (χ3v) is 1.52. The van der Waals surface area contributed by atoms with Gasteiger partial charge in [0, 0.05) is 12.3 Å². The lowest BCUT2D eigenvalue weighted by atomic mass is 10.3. The van der Waals surface area contributed by atoms with Gasteiger partial charge >= 0.3 is 0 Å². The van der Waals surface area contributed by atoms with Gasteiger partial charge in [0.1, 0.15) is 12.1 Å². The number of nitrogens with zero attached hydrogens (tertiary/aromatic N) is 2. The minimum atomic E-state index is 0.320. The molecule has 1 heterocycles. The van der Waals surface area contributed by atoms with E-state index < -0.39 is 0 Å². The summed E-state index contributed by atoms with van der Waals surface area (Å²) in [6.45, 7) is 0. The topological polar surface area (TPSA) is 77.8 Å². The standard InChI is InChI=1S/C6H9ClN4/c7-2-1-4-5(8)6(9)11-3-10-4/h3H,1-2,8H2,(H2,9,10,11). The molecule has 0 atom stereocenters. The Morgan fingerprint density at radius 2 is 2.09 bits per heavy atom. The van der Waals surface area contributed by atoms with E-state index in [2.05, 4.69) is 9.97 Å². The summed E-state index contributed by atoms with van der Waals surface area (Å²) in [6, 6.07) is 0. The lowest BCUT2D eigenvalue weighted by molar-refractivity contribution is 1.01. The molecule has 0 aliphatic carbocycles. The number of aromatic nitrogens is 2. The molecule has 0 bridgehead atoms. The van der Waals surface area contributed by atoms with Gasteiger partial charge in [-0.15, -0.1) is 11.6 Å². The van der Waals surface area contributed by atoms with Crippen LogP contribution in [0.2, 0.25) is 0 Å². The Hall–Kier alpha value is -1.03. The molecule has 0 aromatic carbocycles. The van der Waals surface area contributed by atoms with Crippen molar-refractivity contribution in [2.75, 3.05) is 17.3 Å². The second kappa shape index (κ2) is 3.39. The van der Waals surface area contributed by atoms with Crippen molar-refractivity contribution in [3.8, 4) is 0 Å². The largest absolute Gasteiger partial charge is 0.394 e. The van der Waals surface area contributed by atoms with Crippen LogP contribution in [-0.2, 0) is 6.42 Å². The molecular weight excluding hydrogens is 164 g/mol. The van der Waals surface area contributed by atoms with E-state index in [1.165, 1.54) is 6.33 Å². The number of hydrogen-bond donors (Lipinski definition) is 2. The molecule has 0 aliphatic rings. The molecule has 5 heteroatoms. The zero-order valence-electron chi connectivity index (χ0n) is 5.92. The first-order valence-corrected chi connectivity index (χ1v) is 3.70. The Morgan fingerprint density at radius 3 is 2.73 bits per heavy atom. The van der Waals surface area contributed by atoms with E-state index in [1.54, 1.807) is 0 Å². The van der Waals surface area contributed by atoms with Crippen LogP contribution < -0.4 is 11.5 Å². The van der Waals surface area contributed by atoms with E-state index >= 15 is 0 Å². The van der Waals surface area contributed by atoms with Crippen molar-refractivity contribution in [2.24, 2.45) is 0 Å². The lowest BCUT2D eigenvalue weighted by Crippen LogP contribution is -2.04. The minimum absolute atomic E-state index is 0.320. The number of nitrogen functional groups attached to an aromatic ring is 2. The monoisotopic (exact) mass is 172 g/mol. The number of anilines is 2. The fourth-order valence-electron chi connectivity index (χ4n) is 0.736. The van der Waals surface area contributed by atoms with E-state index in [4.69, 9.17) is 23.1 Å². The fourth-order valence-corrected chi connectivity index (χ4v) is 0.915. The molecule has 60 valence electrons. The van der Waals surface area contributed by atoms with Crippen LogP contribution in [0.15, 0.2) is 6.33 Å². The van der Waals surface area contributed by atoms with Crippen LogP contribution in [0.4, 0.5) is 11.5 Å².